The van der Waals surface area contributed by atoms with Gasteiger partial charge < -0.3 is 11.1 Å². The number of halogens is 1. The van der Waals surface area contributed by atoms with Crippen molar-refractivity contribution in [3.63, 3.8) is 0 Å². The van der Waals surface area contributed by atoms with E-state index in [1.807, 2.05) is 6.92 Å². The smallest absolute Gasteiger partial charge is 0.199 e. The molecule has 4 N–H and O–H groups in total. The summed E-state index contributed by atoms with van der Waals surface area (Å²) in [6.07, 6.45) is 0. The second-order valence-electron chi connectivity index (χ2n) is 1.83. The molecule has 1 rings (SSSR count). The van der Waals surface area contributed by atoms with E-state index in [1.54, 1.807) is 0 Å². The normalized spacial score (nSPS) is 19.4. The summed E-state index contributed by atoms with van der Waals surface area (Å²) >= 11 is 0. The van der Waals surface area contributed by atoms with Gasteiger partial charge in [0.25, 0.3) is 0 Å². The number of guanidine groups is 2. The Kier molecular flexibility index (Phi) is 4.36. The lowest BCUT2D eigenvalue weighted by molar-refractivity contribution is 0.846. The monoisotopic (exact) mass is 177 g/mol. The highest BCUT2D eigenvalue weighted by Gasteiger charge is 2.02. The van der Waals surface area contributed by atoms with Crippen LogP contribution in [0.15, 0.2) is 9.98 Å². The third-order valence-electron chi connectivity index (χ3n) is 1.06. The van der Waals surface area contributed by atoms with Crippen LogP contribution in [-0.4, -0.2) is 25.1 Å². The summed E-state index contributed by atoms with van der Waals surface area (Å²) in [6.45, 7) is 3.21. The van der Waals surface area contributed by atoms with Gasteiger partial charge in [-0.3, -0.25) is 10.3 Å². The predicted molar refractivity (Wildman–Crippen MR) is 48.0 cm³/mol. The average Bonchev–Trinajstić information content (AvgIpc) is 1.88. The van der Waals surface area contributed by atoms with E-state index >= 15 is 0 Å². The van der Waals surface area contributed by atoms with Crippen molar-refractivity contribution in [1.29, 1.82) is 0 Å². The second-order valence-corrected chi connectivity index (χ2v) is 1.83. The fraction of sp³-hybridized carbons (Fsp3) is 0.600. The molecule has 0 aromatic rings. The molecule has 0 saturated carbocycles. The molecule has 0 saturated heterocycles. The first kappa shape index (κ1) is 10.0. The second kappa shape index (κ2) is 4.79. The van der Waals surface area contributed by atoms with Gasteiger partial charge in [0, 0.05) is 6.54 Å². The molecule has 0 aromatic carbocycles. The molecule has 5 nitrogen and oxygen atoms in total. The minimum Gasteiger partial charge on any atom is -0.370 e. The van der Waals surface area contributed by atoms with Crippen molar-refractivity contribution in [2.24, 2.45) is 15.7 Å². The average molecular weight is 178 g/mol. The predicted octanol–water partition coefficient (Wildman–Crippen LogP) is -0.751. The van der Waals surface area contributed by atoms with Crippen molar-refractivity contribution in [2.75, 3.05) is 13.2 Å². The maximum absolute atomic E-state index is 5.37. The Bertz CT molecular complexity index is 176. The van der Waals surface area contributed by atoms with E-state index in [2.05, 4.69) is 20.6 Å². The van der Waals surface area contributed by atoms with E-state index in [1.165, 1.54) is 0 Å². The van der Waals surface area contributed by atoms with Gasteiger partial charge in [0.1, 0.15) is 6.67 Å². The third-order valence-corrected chi connectivity index (χ3v) is 1.06. The molecule has 0 aromatic heterocycles. The maximum atomic E-state index is 5.37. The van der Waals surface area contributed by atoms with E-state index in [0.717, 1.165) is 6.54 Å². The van der Waals surface area contributed by atoms with Gasteiger partial charge in [0.2, 0.25) is 0 Å². The van der Waals surface area contributed by atoms with Gasteiger partial charge in [-0.15, -0.1) is 12.4 Å². The zero-order valence-corrected chi connectivity index (χ0v) is 7.11. The van der Waals surface area contributed by atoms with Crippen LogP contribution in [0.25, 0.3) is 0 Å². The number of aliphatic imine (C=N–C) groups is 2. The number of hydrogen-bond donors (Lipinski definition) is 3. The molecule has 1 aliphatic heterocycles. The molecule has 1 heterocycles. The summed E-state index contributed by atoms with van der Waals surface area (Å²) in [6, 6.07) is 0. The van der Waals surface area contributed by atoms with Crippen molar-refractivity contribution in [3.05, 3.63) is 0 Å². The molecule has 11 heavy (non-hydrogen) atoms. The number of nitrogens with zero attached hydrogens (tertiary/aromatic N) is 2. The first-order valence-electron chi connectivity index (χ1n) is 3.18. The van der Waals surface area contributed by atoms with E-state index in [9.17, 15) is 0 Å². The summed E-state index contributed by atoms with van der Waals surface area (Å²) in [7, 11) is 0. The Morgan fingerprint density at radius 3 is 3.00 bits per heavy atom. The fourth-order valence-electron chi connectivity index (χ4n) is 0.658. The number of nitrogens with two attached hydrogens (primary N) is 1. The SMILES string of the molecule is CCN=C1NCN=C(N)N1.Cl. The molecule has 6 heteroatoms. The van der Waals surface area contributed by atoms with Crippen LogP contribution in [0.2, 0.25) is 0 Å². The molecule has 0 fully saturated rings. The first-order chi connectivity index (χ1) is 4.83. The number of nitrogens with one attached hydrogen (secondary N) is 2. The Morgan fingerprint density at radius 1 is 1.73 bits per heavy atom. The molecule has 0 radical (unpaired) electrons. The Balaban J connectivity index is 0.000001000. The summed E-state index contributed by atoms with van der Waals surface area (Å²) in [5.41, 5.74) is 5.37. The Hall–Kier alpha value is -0.970. The van der Waals surface area contributed by atoms with Crippen LogP contribution in [0.3, 0.4) is 0 Å². The number of rotatable bonds is 1. The van der Waals surface area contributed by atoms with Crippen LogP contribution in [0.1, 0.15) is 6.92 Å². The van der Waals surface area contributed by atoms with Crippen molar-refractivity contribution < 1.29 is 0 Å². The summed E-state index contributed by atoms with van der Waals surface area (Å²) < 4.78 is 0. The van der Waals surface area contributed by atoms with Crippen LogP contribution in [0.5, 0.6) is 0 Å². The van der Waals surface area contributed by atoms with Gasteiger partial charge >= 0.3 is 0 Å². The van der Waals surface area contributed by atoms with Gasteiger partial charge in [-0.1, -0.05) is 0 Å². The van der Waals surface area contributed by atoms with Crippen LogP contribution >= 0.6 is 12.4 Å². The minimum atomic E-state index is 0. The topological polar surface area (TPSA) is 74.8 Å². The van der Waals surface area contributed by atoms with Crippen LogP contribution in [0.4, 0.5) is 0 Å². The highest BCUT2D eigenvalue weighted by atomic mass is 35.5. The highest BCUT2D eigenvalue weighted by Crippen LogP contribution is 1.77. The fourth-order valence-corrected chi connectivity index (χ4v) is 0.658. The third kappa shape index (κ3) is 3.08. The van der Waals surface area contributed by atoms with Crippen molar-refractivity contribution >= 4 is 24.3 Å². The zero-order chi connectivity index (χ0) is 7.40. The molecule has 0 amide bonds. The molecule has 0 bridgehead atoms. The first-order valence-corrected chi connectivity index (χ1v) is 3.18. The molecular formula is C5H12ClN5. The van der Waals surface area contributed by atoms with Crippen LogP contribution < -0.4 is 16.4 Å². The van der Waals surface area contributed by atoms with Crippen molar-refractivity contribution in [3.8, 4) is 0 Å². The highest BCUT2D eigenvalue weighted by molar-refractivity contribution is 5.99. The summed E-state index contributed by atoms with van der Waals surface area (Å²) in [5.74, 6) is 1.13. The maximum Gasteiger partial charge on any atom is 0.199 e. The van der Waals surface area contributed by atoms with Crippen LogP contribution in [0, 0.1) is 0 Å². The molecule has 0 aliphatic carbocycles. The lowest BCUT2D eigenvalue weighted by atomic mass is 10.7. The molecular weight excluding hydrogens is 166 g/mol. The van der Waals surface area contributed by atoms with Crippen molar-refractivity contribution in [2.45, 2.75) is 6.92 Å². The standard InChI is InChI=1S/C5H11N5.ClH/c1-2-7-5-9-3-8-4(6)10-5;/h2-3H2,1H3,(H4,6,7,8,9,10);1H. The zero-order valence-electron chi connectivity index (χ0n) is 6.29. The number of hydrogen-bond acceptors (Lipinski definition) is 3. The van der Waals surface area contributed by atoms with E-state index in [4.69, 9.17) is 5.73 Å². The lowest BCUT2D eigenvalue weighted by Crippen LogP contribution is -2.49. The van der Waals surface area contributed by atoms with E-state index in [-0.39, 0.29) is 12.4 Å². The Labute approximate surface area is 71.6 Å². The van der Waals surface area contributed by atoms with Crippen molar-refractivity contribution in [1.82, 2.24) is 10.6 Å². The Morgan fingerprint density at radius 2 is 2.45 bits per heavy atom. The molecule has 0 unspecified atom stereocenters. The van der Waals surface area contributed by atoms with E-state index in [0.29, 0.717) is 18.6 Å². The minimum absolute atomic E-state index is 0. The molecule has 0 atom stereocenters. The van der Waals surface area contributed by atoms with Gasteiger partial charge in [-0.05, 0) is 6.92 Å². The van der Waals surface area contributed by atoms with Gasteiger partial charge in [0.15, 0.2) is 11.9 Å². The summed E-state index contributed by atoms with van der Waals surface area (Å²) in [4.78, 5) is 7.92. The van der Waals surface area contributed by atoms with E-state index < -0.39 is 0 Å². The molecule has 1 aliphatic rings. The summed E-state index contributed by atoms with van der Waals surface area (Å²) in [5, 5.41) is 5.71. The molecule has 64 valence electrons. The molecule has 0 spiro atoms. The van der Waals surface area contributed by atoms with Crippen LogP contribution in [-0.2, 0) is 0 Å². The lowest BCUT2D eigenvalue weighted by Gasteiger charge is -2.14. The van der Waals surface area contributed by atoms with Gasteiger partial charge in [-0.25, -0.2) is 4.99 Å². The largest absolute Gasteiger partial charge is 0.370 e. The van der Waals surface area contributed by atoms with Gasteiger partial charge in [0.05, 0.1) is 0 Å². The quantitative estimate of drug-likeness (QED) is 0.494. The van der Waals surface area contributed by atoms with Gasteiger partial charge in [-0.2, -0.15) is 0 Å².